The Balaban J connectivity index is 2.54. The van der Waals surface area contributed by atoms with Crippen molar-refractivity contribution >= 4 is 21.9 Å². The van der Waals surface area contributed by atoms with Gasteiger partial charge in [0.15, 0.2) is 5.60 Å². The SMILES string of the molecule is CCCCCCCCCOC(=O)C(C)(C)CC(Br)c1ccc(C(C)(O)C(F)(F)F)cc1. The lowest BCUT2D eigenvalue weighted by atomic mass is 9.85. The minimum Gasteiger partial charge on any atom is -0.465 e. The summed E-state index contributed by atoms with van der Waals surface area (Å²) in [5.41, 5.74) is -3.15. The highest BCUT2D eigenvalue weighted by atomic mass is 79.9. The predicted molar refractivity (Wildman–Crippen MR) is 121 cm³/mol. The number of hydrogen-bond acceptors (Lipinski definition) is 3. The second-order valence-corrected chi connectivity index (χ2v) is 10.1. The van der Waals surface area contributed by atoms with Crippen LogP contribution in [-0.4, -0.2) is 23.9 Å². The summed E-state index contributed by atoms with van der Waals surface area (Å²) < 4.78 is 44.5. The van der Waals surface area contributed by atoms with Crippen LogP contribution in [0.5, 0.6) is 0 Å². The van der Waals surface area contributed by atoms with E-state index in [4.69, 9.17) is 4.74 Å². The lowest BCUT2D eigenvalue weighted by Gasteiger charge is -2.28. The quantitative estimate of drug-likeness (QED) is 0.169. The minimum atomic E-state index is -4.76. The molecule has 178 valence electrons. The van der Waals surface area contributed by atoms with Crippen LogP contribution in [0.3, 0.4) is 0 Å². The number of ether oxygens (including phenoxy) is 1. The summed E-state index contributed by atoms with van der Waals surface area (Å²) in [4.78, 5) is 12.3. The summed E-state index contributed by atoms with van der Waals surface area (Å²) in [7, 11) is 0. The fourth-order valence-electron chi connectivity index (χ4n) is 3.25. The molecule has 1 N–H and O–H groups in total. The number of carbonyl (C=O) groups is 1. The largest absolute Gasteiger partial charge is 0.465 e. The molecule has 0 aliphatic heterocycles. The highest BCUT2D eigenvalue weighted by Gasteiger charge is 2.51. The fourth-order valence-corrected chi connectivity index (χ4v) is 4.36. The predicted octanol–water partition coefficient (Wildman–Crippen LogP) is 7.60. The van der Waals surface area contributed by atoms with E-state index in [0.717, 1.165) is 31.7 Å². The maximum absolute atomic E-state index is 13.0. The second-order valence-electron chi connectivity index (χ2n) is 9.00. The van der Waals surface area contributed by atoms with Crippen LogP contribution in [0.1, 0.15) is 95.0 Å². The van der Waals surface area contributed by atoms with E-state index in [2.05, 4.69) is 22.9 Å². The Labute approximate surface area is 192 Å². The number of aliphatic hydroxyl groups is 1. The minimum absolute atomic E-state index is 0.225. The van der Waals surface area contributed by atoms with Crippen LogP contribution in [-0.2, 0) is 15.1 Å². The van der Waals surface area contributed by atoms with Crippen LogP contribution in [0, 0.1) is 5.41 Å². The molecule has 0 saturated carbocycles. The molecule has 0 amide bonds. The van der Waals surface area contributed by atoms with Crippen molar-refractivity contribution in [3.8, 4) is 0 Å². The molecule has 0 aliphatic rings. The maximum atomic E-state index is 13.0. The molecule has 2 atom stereocenters. The highest BCUT2D eigenvalue weighted by Crippen LogP contribution is 2.40. The lowest BCUT2D eigenvalue weighted by Crippen LogP contribution is -2.39. The average Bonchev–Trinajstić information content (AvgIpc) is 2.68. The van der Waals surface area contributed by atoms with Gasteiger partial charge >= 0.3 is 12.1 Å². The Morgan fingerprint density at radius 1 is 1.00 bits per heavy atom. The summed E-state index contributed by atoms with van der Waals surface area (Å²) in [6.07, 6.45) is 3.68. The third-order valence-electron chi connectivity index (χ3n) is 5.61. The molecule has 7 heteroatoms. The van der Waals surface area contributed by atoms with E-state index in [1.54, 1.807) is 13.8 Å². The van der Waals surface area contributed by atoms with E-state index >= 15 is 0 Å². The van der Waals surface area contributed by atoms with Crippen LogP contribution >= 0.6 is 15.9 Å². The summed E-state index contributed by atoms with van der Waals surface area (Å²) in [6, 6.07) is 5.61. The van der Waals surface area contributed by atoms with Gasteiger partial charge in [0, 0.05) is 4.83 Å². The van der Waals surface area contributed by atoms with Gasteiger partial charge in [-0.15, -0.1) is 0 Å². The number of alkyl halides is 4. The van der Waals surface area contributed by atoms with Crippen molar-refractivity contribution in [1.82, 2.24) is 0 Å². The standard InChI is InChI=1S/C24H36BrF3O3/c1-5-6-7-8-9-10-11-16-31-21(29)22(2,3)17-20(25)18-12-14-19(15-13-18)23(4,30)24(26,27)28/h12-15,20,30H,5-11,16-17H2,1-4H3. The average molecular weight is 509 g/mol. The van der Waals surface area contributed by atoms with Crippen molar-refractivity contribution in [2.75, 3.05) is 6.61 Å². The monoisotopic (exact) mass is 508 g/mol. The number of hydrogen-bond donors (Lipinski definition) is 1. The highest BCUT2D eigenvalue weighted by molar-refractivity contribution is 9.09. The van der Waals surface area contributed by atoms with Crippen molar-refractivity contribution in [3.63, 3.8) is 0 Å². The van der Waals surface area contributed by atoms with E-state index in [-0.39, 0.29) is 16.4 Å². The first-order chi connectivity index (χ1) is 14.3. The van der Waals surface area contributed by atoms with Gasteiger partial charge in [0.05, 0.1) is 12.0 Å². The van der Waals surface area contributed by atoms with Crippen LogP contribution in [0.2, 0.25) is 0 Å². The first-order valence-corrected chi connectivity index (χ1v) is 12.0. The topological polar surface area (TPSA) is 46.5 Å². The first-order valence-electron chi connectivity index (χ1n) is 11.0. The molecule has 0 heterocycles. The van der Waals surface area contributed by atoms with Gasteiger partial charge in [-0.25, -0.2) is 0 Å². The van der Waals surface area contributed by atoms with E-state index in [1.165, 1.54) is 49.9 Å². The zero-order valence-electron chi connectivity index (χ0n) is 19.0. The van der Waals surface area contributed by atoms with E-state index in [0.29, 0.717) is 13.0 Å². The summed E-state index contributed by atoms with van der Waals surface area (Å²) in [6.45, 7) is 6.93. The molecule has 0 saturated heterocycles. The van der Waals surface area contributed by atoms with E-state index in [9.17, 15) is 23.1 Å². The van der Waals surface area contributed by atoms with Crippen LogP contribution in [0.15, 0.2) is 24.3 Å². The molecule has 0 spiro atoms. The van der Waals surface area contributed by atoms with Crippen LogP contribution in [0.4, 0.5) is 13.2 Å². The van der Waals surface area contributed by atoms with Crippen molar-refractivity contribution in [2.45, 2.75) is 95.7 Å². The maximum Gasteiger partial charge on any atom is 0.421 e. The molecular weight excluding hydrogens is 473 g/mol. The molecule has 0 radical (unpaired) electrons. The van der Waals surface area contributed by atoms with E-state index in [1.807, 2.05) is 0 Å². The Morgan fingerprint density at radius 2 is 1.52 bits per heavy atom. The molecule has 1 aromatic rings. The molecule has 3 nitrogen and oxygen atoms in total. The second kappa shape index (κ2) is 12.2. The van der Waals surface area contributed by atoms with Gasteiger partial charge in [0.2, 0.25) is 0 Å². The molecule has 0 fully saturated rings. The summed E-state index contributed by atoms with van der Waals surface area (Å²) >= 11 is 3.54. The molecular formula is C24H36BrF3O3. The number of rotatable bonds is 13. The zero-order chi connectivity index (χ0) is 23.7. The van der Waals surface area contributed by atoms with Crippen molar-refractivity contribution in [1.29, 1.82) is 0 Å². The lowest BCUT2D eigenvalue weighted by molar-refractivity contribution is -0.258. The summed E-state index contributed by atoms with van der Waals surface area (Å²) in [5, 5.41) is 9.79. The Kier molecular flexibility index (Phi) is 11.0. The number of carbonyl (C=O) groups excluding carboxylic acids is 1. The number of esters is 1. The van der Waals surface area contributed by atoms with Gasteiger partial charge in [-0.3, -0.25) is 4.79 Å². The first kappa shape index (κ1) is 28.0. The smallest absolute Gasteiger partial charge is 0.421 e. The Hall–Kier alpha value is -1.08. The Bertz CT molecular complexity index is 670. The van der Waals surface area contributed by atoms with Gasteiger partial charge in [-0.1, -0.05) is 85.6 Å². The fraction of sp³-hybridized carbons (Fsp3) is 0.708. The molecule has 1 rings (SSSR count). The van der Waals surface area contributed by atoms with Gasteiger partial charge < -0.3 is 9.84 Å². The van der Waals surface area contributed by atoms with E-state index < -0.39 is 17.2 Å². The third kappa shape index (κ3) is 8.76. The van der Waals surface area contributed by atoms with Gasteiger partial charge in [0.1, 0.15) is 0 Å². The Morgan fingerprint density at radius 3 is 2.03 bits per heavy atom. The van der Waals surface area contributed by atoms with Crippen molar-refractivity contribution < 1.29 is 27.8 Å². The third-order valence-corrected chi connectivity index (χ3v) is 6.46. The molecule has 2 unspecified atom stereocenters. The van der Waals surface area contributed by atoms with Crippen molar-refractivity contribution in [3.05, 3.63) is 35.4 Å². The van der Waals surface area contributed by atoms with Gasteiger partial charge in [-0.05, 0) is 44.7 Å². The van der Waals surface area contributed by atoms with Crippen LogP contribution < -0.4 is 0 Å². The molecule has 31 heavy (non-hydrogen) atoms. The molecule has 0 aromatic heterocycles. The van der Waals surface area contributed by atoms with Gasteiger partial charge in [-0.2, -0.15) is 13.2 Å². The normalized spacial score (nSPS) is 15.4. The number of halogens is 4. The van der Waals surface area contributed by atoms with Gasteiger partial charge in [0.25, 0.3) is 0 Å². The zero-order valence-corrected chi connectivity index (χ0v) is 20.6. The molecule has 0 aliphatic carbocycles. The number of benzene rings is 1. The molecule has 0 bridgehead atoms. The van der Waals surface area contributed by atoms with Crippen molar-refractivity contribution in [2.24, 2.45) is 5.41 Å². The van der Waals surface area contributed by atoms with Crippen LogP contribution in [0.25, 0.3) is 0 Å². The summed E-state index contributed by atoms with van der Waals surface area (Å²) in [5.74, 6) is -0.278. The number of unbranched alkanes of at least 4 members (excludes halogenated alkanes) is 6. The molecule has 1 aromatic carbocycles.